The number of hydrogen-bond donors (Lipinski definition) is 2. The molecule has 2 N–H and O–H groups in total. The minimum atomic E-state index is -0.184. The lowest BCUT2D eigenvalue weighted by Crippen LogP contribution is -2.35. The summed E-state index contributed by atoms with van der Waals surface area (Å²) in [4.78, 5) is 29.1. The zero-order valence-corrected chi connectivity index (χ0v) is 18.9. The first-order valence-electron chi connectivity index (χ1n) is 10.7. The first-order valence-corrected chi connectivity index (χ1v) is 11.9. The number of benzene rings is 2. The number of likely N-dealkylation sites (tertiary alicyclic amines) is 1. The van der Waals surface area contributed by atoms with E-state index < -0.39 is 0 Å². The summed E-state index contributed by atoms with van der Waals surface area (Å²) in [5, 5.41) is 6.54. The number of anilines is 1. The average Bonchev–Trinajstić information content (AvgIpc) is 3.03. The molecule has 0 radical (unpaired) electrons. The second-order valence-corrected chi connectivity index (χ2v) is 9.36. The van der Waals surface area contributed by atoms with Gasteiger partial charge in [0.1, 0.15) is 0 Å². The van der Waals surface area contributed by atoms with E-state index in [2.05, 4.69) is 15.5 Å². The van der Waals surface area contributed by atoms with Crippen LogP contribution >= 0.6 is 23.4 Å². The molecule has 0 spiro atoms. The van der Waals surface area contributed by atoms with Crippen molar-refractivity contribution in [3.63, 3.8) is 0 Å². The van der Waals surface area contributed by atoms with Crippen molar-refractivity contribution in [3.8, 4) is 0 Å². The Morgan fingerprint density at radius 3 is 2.71 bits per heavy atom. The topological polar surface area (TPSA) is 61.4 Å². The number of hydrogen-bond acceptors (Lipinski definition) is 4. The highest BCUT2D eigenvalue weighted by atomic mass is 35.5. The van der Waals surface area contributed by atoms with E-state index in [1.165, 1.54) is 37.4 Å². The van der Waals surface area contributed by atoms with Crippen LogP contribution in [0.2, 0.25) is 5.02 Å². The lowest BCUT2D eigenvalue weighted by atomic mass is 10.1. The van der Waals surface area contributed by atoms with Gasteiger partial charge in [-0.25, -0.2) is 0 Å². The molecule has 0 aliphatic carbocycles. The number of nitrogens with zero attached hydrogens (tertiary/aromatic N) is 1. The number of halogens is 1. The van der Waals surface area contributed by atoms with E-state index in [4.69, 9.17) is 11.6 Å². The molecule has 2 aliphatic heterocycles. The molecule has 0 unspecified atom stereocenters. The summed E-state index contributed by atoms with van der Waals surface area (Å²) in [6.07, 6.45) is 6.90. The van der Waals surface area contributed by atoms with Gasteiger partial charge in [0, 0.05) is 28.6 Å². The predicted molar refractivity (Wildman–Crippen MR) is 128 cm³/mol. The Hall–Kier alpha value is -2.28. The summed E-state index contributed by atoms with van der Waals surface area (Å²) in [6, 6.07) is 12.8. The first-order chi connectivity index (χ1) is 15.1. The molecule has 0 bridgehead atoms. The lowest BCUT2D eigenvalue weighted by molar-refractivity contribution is -0.112. The van der Waals surface area contributed by atoms with Crippen LogP contribution in [-0.2, 0) is 4.79 Å². The largest absolute Gasteiger partial charge is 0.351 e. The van der Waals surface area contributed by atoms with E-state index >= 15 is 0 Å². The van der Waals surface area contributed by atoms with E-state index in [-0.39, 0.29) is 11.8 Å². The molecule has 1 fully saturated rings. The van der Waals surface area contributed by atoms with Gasteiger partial charge in [-0.2, -0.15) is 0 Å². The van der Waals surface area contributed by atoms with Gasteiger partial charge in [-0.15, -0.1) is 0 Å². The third-order valence-electron chi connectivity index (χ3n) is 5.49. The fraction of sp³-hybridized carbons (Fsp3) is 0.333. The Morgan fingerprint density at radius 2 is 1.94 bits per heavy atom. The number of rotatable bonds is 5. The SMILES string of the molecule is O=C1Nc2cc(C(=O)NCCN3CCCCCC3)ccc2S/C1=C/c1cccc(Cl)c1. The van der Waals surface area contributed by atoms with Crippen LogP contribution in [0, 0.1) is 0 Å². The maximum Gasteiger partial charge on any atom is 0.262 e. The number of amides is 2. The maximum absolute atomic E-state index is 12.6. The zero-order valence-electron chi connectivity index (χ0n) is 17.3. The second kappa shape index (κ2) is 10.4. The fourth-order valence-electron chi connectivity index (χ4n) is 3.84. The summed E-state index contributed by atoms with van der Waals surface area (Å²) < 4.78 is 0. The van der Waals surface area contributed by atoms with Crippen molar-refractivity contribution in [1.29, 1.82) is 0 Å². The van der Waals surface area contributed by atoms with Crippen LogP contribution in [0.4, 0.5) is 5.69 Å². The molecule has 0 atom stereocenters. The molecular formula is C24H26ClN3O2S. The smallest absolute Gasteiger partial charge is 0.262 e. The van der Waals surface area contributed by atoms with Gasteiger partial charge in [0.25, 0.3) is 11.8 Å². The number of carbonyl (C=O) groups is 2. The van der Waals surface area contributed by atoms with Gasteiger partial charge in [0.05, 0.1) is 10.6 Å². The molecular weight excluding hydrogens is 430 g/mol. The molecule has 7 heteroatoms. The standard InChI is InChI=1S/C24H26ClN3O2S/c25-19-7-5-6-17(14-19)15-22-24(30)27-20-16-18(8-9-21(20)31-22)23(29)26-10-13-28-11-3-1-2-4-12-28/h5-9,14-16H,1-4,10-13H2,(H,26,29)(H,27,30)/b22-15+. The number of fused-ring (bicyclic) bond motifs is 1. The van der Waals surface area contributed by atoms with Gasteiger partial charge in [-0.05, 0) is 67.9 Å². The van der Waals surface area contributed by atoms with Crippen LogP contribution in [0.1, 0.15) is 41.6 Å². The Kier molecular flexibility index (Phi) is 7.33. The van der Waals surface area contributed by atoms with Crippen LogP contribution in [0.3, 0.4) is 0 Å². The third kappa shape index (κ3) is 5.91. The van der Waals surface area contributed by atoms with Crippen molar-refractivity contribution in [3.05, 3.63) is 63.5 Å². The molecule has 2 heterocycles. The summed E-state index contributed by atoms with van der Waals surface area (Å²) in [5.41, 5.74) is 2.09. The first kappa shape index (κ1) is 21.9. The molecule has 2 aliphatic rings. The molecule has 5 nitrogen and oxygen atoms in total. The Balaban J connectivity index is 1.38. The van der Waals surface area contributed by atoms with Crippen molar-refractivity contribution in [2.24, 2.45) is 0 Å². The van der Waals surface area contributed by atoms with E-state index in [9.17, 15) is 9.59 Å². The molecule has 4 rings (SSSR count). The summed E-state index contributed by atoms with van der Waals surface area (Å²) >= 11 is 7.43. The van der Waals surface area contributed by atoms with Crippen LogP contribution in [0.15, 0.2) is 52.3 Å². The highest BCUT2D eigenvalue weighted by Gasteiger charge is 2.22. The second-order valence-electron chi connectivity index (χ2n) is 7.84. The summed E-state index contributed by atoms with van der Waals surface area (Å²) in [6.45, 7) is 3.73. The lowest BCUT2D eigenvalue weighted by Gasteiger charge is -2.21. The predicted octanol–water partition coefficient (Wildman–Crippen LogP) is 5.03. The monoisotopic (exact) mass is 455 g/mol. The van der Waals surface area contributed by atoms with Crippen molar-refractivity contribution in [1.82, 2.24) is 10.2 Å². The van der Waals surface area contributed by atoms with Gasteiger partial charge >= 0.3 is 0 Å². The van der Waals surface area contributed by atoms with Crippen molar-refractivity contribution in [2.75, 3.05) is 31.5 Å². The van der Waals surface area contributed by atoms with Crippen molar-refractivity contribution in [2.45, 2.75) is 30.6 Å². The quantitative estimate of drug-likeness (QED) is 0.620. The normalized spacial score (nSPS) is 18.2. The van der Waals surface area contributed by atoms with Gasteiger partial charge < -0.3 is 15.5 Å². The van der Waals surface area contributed by atoms with E-state index in [1.807, 2.05) is 36.4 Å². The molecule has 31 heavy (non-hydrogen) atoms. The molecule has 162 valence electrons. The average molecular weight is 456 g/mol. The molecule has 0 saturated carbocycles. The highest BCUT2D eigenvalue weighted by molar-refractivity contribution is 8.04. The van der Waals surface area contributed by atoms with Gasteiger partial charge in [-0.3, -0.25) is 9.59 Å². The van der Waals surface area contributed by atoms with E-state index in [0.717, 1.165) is 30.1 Å². The molecule has 2 aromatic carbocycles. The molecule has 2 amide bonds. The number of thioether (sulfide) groups is 1. The Bertz CT molecular complexity index is 1000. The number of nitrogens with one attached hydrogen (secondary N) is 2. The van der Waals surface area contributed by atoms with Crippen molar-refractivity contribution >= 4 is 46.9 Å². The summed E-state index contributed by atoms with van der Waals surface area (Å²) in [7, 11) is 0. The Morgan fingerprint density at radius 1 is 1.13 bits per heavy atom. The van der Waals surface area contributed by atoms with Crippen LogP contribution in [0.25, 0.3) is 6.08 Å². The van der Waals surface area contributed by atoms with Crippen LogP contribution in [0.5, 0.6) is 0 Å². The number of carbonyl (C=O) groups excluding carboxylic acids is 2. The van der Waals surface area contributed by atoms with Gasteiger partial charge in [-0.1, -0.05) is 48.3 Å². The minimum Gasteiger partial charge on any atom is -0.351 e. The van der Waals surface area contributed by atoms with E-state index in [0.29, 0.717) is 27.7 Å². The molecule has 2 aromatic rings. The van der Waals surface area contributed by atoms with Crippen LogP contribution in [-0.4, -0.2) is 42.9 Å². The third-order valence-corrected chi connectivity index (χ3v) is 6.83. The zero-order chi connectivity index (χ0) is 21.6. The van der Waals surface area contributed by atoms with Gasteiger partial charge in [0.15, 0.2) is 0 Å². The van der Waals surface area contributed by atoms with Gasteiger partial charge in [0.2, 0.25) is 0 Å². The molecule has 0 aromatic heterocycles. The maximum atomic E-state index is 12.6. The van der Waals surface area contributed by atoms with Crippen molar-refractivity contribution < 1.29 is 9.59 Å². The summed E-state index contributed by atoms with van der Waals surface area (Å²) in [5.74, 6) is -0.298. The molecule has 1 saturated heterocycles. The van der Waals surface area contributed by atoms with E-state index in [1.54, 1.807) is 12.1 Å². The Labute approximate surface area is 192 Å². The minimum absolute atomic E-state index is 0.114. The highest BCUT2D eigenvalue weighted by Crippen LogP contribution is 2.39. The van der Waals surface area contributed by atoms with Crippen LogP contribution < -0.4 is 10.6 Å². The fourth-order valence-corrected chi connectivity index (χ4v) is 4.97.